The molecule has 0 saturated heterocycles. The average Bonchev–Trinajstić information content (AvgIpc) is 2.93. The van der Waals surface area contributed by atoms with Gasteiger partial charge < -0.3 is 9.15 Å². The van der Waals surface area contributed by atoms with Crippen LogP contribution in [0.4, 0.5) is 5.88 Å². The minimum absolute atomic E-state index is 0.312. The van der Waals surface area contributed by atoms with E-state index in [2.05, 4.69) is 11.1 Å². The van der Waals surface area contributed by atoms with E-state index in [4.69, 9.17) is 32.4 Å². The van der Waals surface area contributed by atoms with Gasteiger partial charge in [-0.15, -0.1) is 0 Å². The molecule has 0 N–H and O–H groups in total. The van der Waals surface area contributed by atoms with Crippen LogP contribution in [-0.4, -0.2) is 6.21 Å². The van der Waals surface area contributed by atoms with Gasteiger partial charge in [-0.05, 0) is 43.7 Å². The highest BCUT2D eigenvalue weighted by Crippen LogP contribution is 2.28. The molecule has 3 aromatic rings. The van der Waals surface area contributed by atoms with Gasteiger partial charge in [0, 0.05) is 27.4 Å². The molecule has 0 radical (unpaired) electrons. The third-order valence-electron chi connectivity index (χ3n) is 4.08. The topological polar surface area (TPSA) is 58.5 Å². The molecular formula is C21H16Cl2N2O2. The minimum Gasteiger partial charge on any atom is -0.489 e. The molecule has 3 rings (SSSR count). The average molecular weight is 399 g/mol. The first-order valence-electron chi connectivity index (χ1n) is 8.19. The molecule has 0 amide bonds. The number of ether oxygens (including phenoxy) is 1. The molecule has 2 aromatic carbocycles. The summed E-state index contributed by atoms with van der Waals surface area (Å²) in [7, 11) is 0. The van der Waals surface area contributed by atoms with Gasteiger partial charge in [-0.25, -0.2) is 4.99 Å². The van der Waals surface area contributed by atoms with Gasteiger partial charge in [0.05, 0.1) is 0 Å². The Morgan fingerprint density at radius 2 is 2.00 bits per heavy atom. The summed E-state index contributed by atoms with van der Waals surface area (Å²) in [5, 5.41) is 10.4. The second-order valence-corrected chi connectivity index (χ2v) is 6.77. The number of aryl methyl sites for hydroxylation is 1. The van der Waals surface area contributed by atoms with E-state index < -0.39 is 0 Å². The predicted molar refractivity (Wildman–Crippen MR) is 107 cm³/mol. The van der Waals surface area contributed by atoms with Crippen molar-refractivity contribution < 1.29 is 9.15 Å². The van der Waals surface area contributed by atoms with Gasteiger partial charge >= 0.3 is 0 Å². The number of halogens is 2. The summed E-state index contributed by atoms with van der Waals surface area (Å²) in [6, 6.07) is 14.9. The number of nitrogens with zero attached hydrogens (tertiary/aromatic N) is 2. The fraction of sp³-hybridized carbons (Fsp3) is 0.143. The van der Waals surface area contributed by atoms with Crippen molar-refractivity contribution in [2.75, 3.05) is 0 Å². The van der Waals surface area contributed by atoms with Gasteiger partial charge in [-0.1, -0.05) is 41.4 Å². The zero-order valence-corrected chi connectivity index (χ0v) is 16.3. The van der Waals surface area contributed by atoms with Crippen molar-refractivity contribution in [3.63, 3.8) is 0 Å². The van der Waals surface area contributed by atoms with Crippen molar-refractivity contribution in [3.8, 4) is 11.8 Å². The summed E-state index contributed by atoms with van der Waals surface area (Å²) in [6.07, 6.45) is 1.64. The molecule has 136 valence electrons. The summed E-state index contributed by atoms with van der Waals surface area (Å²) < 4.78 is 11.3. The number of aliphatic imine (C=N–C) groups is 1. The second kappa shape index (κ2) is 8.30. The summed E-state index contributed by atoms with van der Waals surface area (Å²) >= 11 is 12.1. The van der Waals surface area contributed by atoms with Crippen molar-refractivity contribution in [3.05, 3.63) is 80.5 Å². The Kier molecular flexibility index (Phi) is 5.85. The van der Waals surface area contributed by atoms with Crippen molar-refractivity contribution in [1.82, 2.24) is 0 Å². The number of hydrogen-bond acceptors (Lipinski definition) is 4. The number of rotatable bonds is 5. The molecule has 0 unspecified atom stereocenters. The van der Waals surface area contributed by atoms with E-state index in [1.54, 1.807) is 18.3 Å². The van der Waals surface area contributed by atoms with Crippen molar-refractivity contribution >= 4 is 35.3 Å². The van der Waals surface area contributed by atoms with E-state index in [-0.39, 0.29) is 0 Å². The fourth-order valence-electron chi connectivity index (χ4n) is 2.45. The smallest absolute Gasteiger partial charge is 0.237 e. The molecule has 0 atom stereocenters. The largest absolute Gasteiger partial charge is 0.489 e. The number of furan rings is 1. The molecule has 0 aliphatic rings. The molecular weight excluding hydrogens is 383 g/mol. The van der Waals surface area contributed by atoms with E-state index in [9.17, 15) is 5.26 Å². The lowest BCUT2D eigenvalue weighted by Crippen LogP contribution is -1.96. The molecule has 4 nitrogen and oxygen atoms in total. The van der Waals surface area contributed by atoms with Gasteiger partial charge in [-0.2, -0.15) is 5.26 Å². The Balaban J connectivity index is 1.74. The van der Waals surface area contributed by atoms with E-state index >= 15 is 0 Å². The zero-order valence-electron chi connectivity index (χ0n) is 14.8. The maximum Gasteiger partial charge on any atom is 0.237 e. The van der Waals surface area contributed by atoms with Crippen LogP contribution in [0.3, 0.4) is 0 Å². The quantitative estimate of drug-likeness (QED) is 0.466. The van der Waals surface area contributed by atoms with Crippen LogP contribution in [0.15, 0.2) is 51.9 Å². The summed E-state index contributed by atoms with van der Waals surface area (Å²) in [5.41, 5.74) is 2.93. The lowest BCUT2D eigenvalue weighted by atomic mass is 10.2. The first-order chi connectivity index (χ1) is 13.0. The molecule has 1 aromatic heterocycles. The first-order valence-corrected chi connectivity index (χ1v) is 8.94. The third kappa shape index (κ3) is 4.51. The molecule has 0 saturated carbocycles. The van der Waals surface area contributed by atoms with Crippen LogP contribution in [0.5, 0.6) is 5.75 Å². The van der Waals surface area contributed by atoms with Crippen LogP contribution in [0.2, 0.25) is 10.0 Å². The van der Waals surface area contributed by atoms with Gasteiger partial charge in [0.1, 0.15) is 29.7 Å². The molecule has 6 heteroatoms. The monoisotopic (exact) mass is 398 g/mol. The minimum atomic E-state index is 0.312. The highest BCUT2D eigenvalue weighted by molar-refractivity contribution is 6.35. The maximum absolute atomic E-state index is 9.25. The van der Waals surface area contributed by atoms with Gasteiger partial charge in [0.25, 0.3) is 0 Å². The van der Waals surface area contributed by atoms with Crippen molar-refractivity contribution in [2.24, 2.45) is 4.99 Å². The summed E-state index contributed by atoms with van der Waals surface area (Å²) in [5.74, 6) is 1.68. The first kappa shape index (κ1) is 19.0. The molecule has 1 heterocycles. The Morgan fingerprint density at radius 1 is 1.19 bits per heavy atom. The fourth-order valence-corrected chi connectivity index (χ4v) is 2.91. The predicted octanol–water partition coefficient (Wildman–Crippen LogP) is 6.40. The molecule has 0 bridgehead atoms. The number of hydrogen-bond donors (Lipinski definition) is 0. The zero-order chi connectivity index (χ0) is 19.4. The van der Waals surface area contributed by atoms with Crippen molar-refractivity contribution in [1.29, 1.82) is 5.26 Å². The molecule has 0 spiro atoms. The lowest BCUT2D eigenvalue weighted by Gasteiger charge is -2.08. The maximum atomic E-state index is 9.25. The van der Waals surface area contributed by atoms with Crippen LogP contribution in [0, 0.1) is 25.2 Å². The lowest BCUT2D eigenvalue weighted by molar-refractivity contribution is 0.306. The number of nitriles is 1. The van der Waals surface area contributed by atoms with Crippen molar-refractivity contribution in [2.45, 2.75) is 20.5 Å². The second-order valence-electron chi connectivity index (χ2n) is 5.93. The van der Waals surface area contributed by atoms with Crippen LogP contribution < -0.4 is 4.74 Å². The van der Waals surface area contributed by atoms with Crippen LogP contribution in [-0.2, 0) is 6.61 Å². The van der Waals surface area contributed by atoms with Crippen LogP contribution in [0.1, 0.15) is 28.0 Å². The van der Waals surface area contributed by atoms with Gasteiger partial charge in [0.2, 0.25) is 5.88 Å². The Hall–Kier alpha value is -2.74. The normalized spacial score (nSPS) is 10.9. The molecule has 0 aliphatic heterocycles. The summed E-state index contributed by atoms with van der Waals surface area (Å²) in [6.45, 7) is 3.98. The third-order valence-corrected chi connectivity index (χ3v) is 4.66. The Labute approximate surface area is 167 Å². The SMILES string of the molecule is Cc1oc(N=Cc2cccc(OCc3ccc(Cl)cc3Cl)c2)c(C#N)c1C. The van der Waals surface area contributed by atoms with E-state index in [1.807, 2.05) is 44.2 Å². The van der Waals surface area contributed by atoms with Gasteiger partial charge in [-0.3, -0.25) is 0 Å². The highest BCUT2D eigenvalue weighted by atomic mass is 35.5. The highest BCUT2D eigenvalue weighted by Gasteiger charge is 2.12. The van der Waals surface area contributed by atoms with Gasteiger partial charge in [0.15, 0.2) is 0 Å². The number of benzene rings is 2. The summed E-state index contributed by atoms with van der Waals surface area (Å²) in [4.78, 5) is 4.31. The van der Waals surface area contributed by atoms with E-state index in [1.165, 1.54) is 0 Å². The Morgan fingerprint density at radius 3 is 2.74 bits per heavy atom. The van der Waals surface area contributed by atoms with E-state index in [0.29, 0.717) is 39.6 Å². The Bertz CT molecular complexity index is 1050. The standard InChI is InChI=1S/C21H16Cl2N2O2/c1-13-14(2)27-21(19(13)10-24)25-11-15-4-3-5-18(8-15)26-12-16-6-7-17(22)9-20(16)23/h3-9,11H,12H2,1-2H3. The van der Waals surface area contributed by atoms with E-state index in [0.717, 1.165) is 16.7 Å². The van der Waals surface area contributed by atoms with Crippen LogP contribution >= 0.6 is 23.2 Å². The molecule has 0 fully saturated rings. The van der Waals surface area contributed by atoms with Crippen LogP contribution in [0.25, 0.3) is 0 Å². The molecule has 0 aliphatic carbocycles. The molecule has 27 heavy (non-hydrogen) atoms.